The second kappa shape index (κ2) is 4.00. The summed E-state index contributed by atoms with van der Waals surface area (Å²) in [5.74, 6) is 0.255. The van der Waals surface area contributed by atoms with Crippen LogP contribution in [-0.4, -0.2) is 28.1 Å². The third-order valence-electron chi connectivity index (χ3n) is 2.92. The first-order valence-corrected chi connectivity index (χ1v) is 5.33. The second-order valence-electron chi connectivity index (χ2n) is 4.25. The lowest BCUT2D eigenvalue weighted by molar-refractivity contribution is 0.315. The number of oxime groups is 1. The van der Waals surface area contributed by atoms with E-state index < -0.39 is 0 Å². The molecule has 1 aliphatic rings. The summed E-state index contributed by atoms with van der Waals surface area (Å²) >= 11 is 0. The zero-order chi connectivity index (χ0) is 11.7. The van der Waals surface area contributed by atoms with Crippen LogP contribution in [0.25, 0.3) is 0 Å². The van der Waals surface area contributed by atoms with Crippen molar-refractivity contribution in [2.75, 3.05) is 4.90 Å². The lowest BCUT2D eigenvalue weighted by Gasteiger charge is -2.30. The molecule has 16 heavy (non-hydrogen) atoms. The molecular formula is C11H16N4O. The molecule has 3 N–H and O–H groups in total. The third kappa shape index (κ3) is 1.58. The summed E-state index contributed by atoms with van der Waals surface area (Å²) in [6.07, 6.45) is 4.36. The quantitative estimate of drug-likeness (QED) is 0.337. The maximum absolute atomic E-state index is 8.79. The maximum atomic E-state index is 8.79. The molecule has 1 atom stereocenters. The summed E-state index contributed by atoms with van der Waals surface area (Å²) in [4.78, 5) is 6.26. The number of nitrogens with two attached hydrogens (primary N) is 1. The van der Waals surface area contributed by atoms with Crippen molar-refractivity contribution in [2.24, 2.45) is 10.9 Å². The highest BCUT2D eigenvalue weighted by Gasteiger charge is 2.33. The van der Waals surface area contributed by atoms with Gasteiger partial charge in [-0.3, -0.25) is 4.98 Å². The summed E-state index contributed by atoms with van der Waals surface area (Å²) in [6, 6.07) is 2.21. The van der Waals surface area contributed by atoms with Gasteiger partial charge in [0.2, 0.25) is 0 Å². The van der Waals surface area contributed by atoms with Crippen LogP contribution < -0.4 is 10.6 Å². The van der Waals surface area contributed by atoms with E-state index in [0.29, 0.717) is 6.04 Å². The summed E-state index contributed by atoms with van der Waals surface area (Å²) in [6.45, 7) is 4.18. The van der Waals surface area contributed by atoms with Gasteiger partial charge in [-0.2, -0.15) is 0 Å². The first kappa shape index (κ1) is 10.7. The van der Waals surface area contributed by atoms with Crippen molar-refractivity contribution in [3.05, 3.63) is 24.0 Å². The van der Waals surface area contributed by atoms with Crippen molar-refractivity contribution in [3.63, 3.8) is 0 Å². The van der Waals surface area contributed by atoms with E-state index in [1.807, 2.05) is 12.3 Å². The fourth-order valence-corrected chi connectivity index (χ4v) is 2.26. The van der Waals surface area contributed by atoms with Gasteiger partial charge in [0.15, 0.2) is 5.84 Å². The Hall–Kier alpha value is -1.78. The van der Waals surface area contributed by atoms with Gasteiger partial charge in [-0.05, 0) is 25.5 Å². The van der Waals surface area contributed by atoms with Crippen molar-refractivity contribution in [2.45, 2.75) is 32.4 Å². The number of amidine groups is 1. The van der Waals surface area contributed by atoms with E-state index in [1.165, 1.54) is 0 Å². The van der Waals surface area contributed by atoms with Crippen LogP contribution in [0.4, 0.5) is 5.69 Å². The fourth-order valence-electron chi connectivity index (χ4n) is 2.26. The topological polar surface area (TPSA) is 74.7 Å². The van der Waals surface area contributed by atoms with Crippen molar-refractivity contribution < 1.29 is 5.21 Å². The van der Waals surface area contributed by atoms with Crippen molar-refractivity contribution in [1.29, 1.82) is 0 Å². The Labute approximate surface area is 94.6 Å². The Morgan fingerprint density at radius 1 is 1.69 bits per heavy atom. The molecule has 0 aromatic carbocycles. The van der Waals surface area contributed by atoms with Crippen molar-refractivity contribution in [1.82, 2.24) is 4.98 Å². The molecule has 1 aliphatic heterocycles. The SMILES string of the molecule is CC(C)N1c2ccncc2CC1/C(N)=N/O. The molecule has 0 amide bonds. The molecule has 0 radical (unpaired) electrons. The van der Waals surface area contributed by atoms with Crippen LogP contribution in [0, 0.1) is 0 Å². The van der Waals surface area contributed by atoms with Crippen LogP contribution in [0.1, 0.15) is 19.4 Å². The van der Waals surface area contributed by atoms with Crippen molar-refractivity contribution in [3.8, 4) is 0 Å². The summed E-state index contributed by atoms with van der Waals surface area (Å²) in [5.41, 5.74) is 8.00. The van der Waals surface area contributed by atoms with E-state index >= 15 is 0 Å². The maximum Gasteiger partial charge on any atom is 0.162 e. The van der Waals surface area contributed by atoms with Crippen LogP contribution in [0.3, 0.4) is 0 Å². The number of anilines is 1. The molecule has 1 aromatic heterocycles. The minimum Gasteiger partial charge on any atom is -0.409 e. The lowest BCUT2D eigenvalue weighted by atomic mass is 10.1. The monoisotopic (exact) mass is 220 g/mol. The highest BCUT2D eigenvalue weighted by molar-refractivity contribution is 5.91. The van der Waals surface area contributed by atoms with Gasteiger partial charge in [0, 0.05) is 30.5 Å². The minimum atomic E-state index is -0.0656. The molecule has 0 fully saturated rings. The molecule has 0 saturated carbocycles. The first-order valence-electron chi connectivity index (χ1n) is 5.33. The zero-order valence-electron chi connectivity index (χ0n) is 9.46. The molecule has 1 aromatic rings. The van der Waals surface area contributed by atoms with Gasteiger partial charge in [-0.15, -0.1) is 0 Å². The normalized spacial score (nSPS) is 20.3. The van der Waals surface area contributed by atoms with Gasteiger partial charge < -0.3 is 15.8 Å². The first-order chi connectivity index (χ1) is 7.65. The summed E-state index contributed by atoms with van der Waals surface area (Å²) in [5, 5.41) is 11.9. The molecule has 2 rings (SSSR count). The second-order valence-corrected chi connectivity index (χ2v) is 4.25. The number of hydrogen-bond donors (Lipinski definition) is 2. The van der Waals surface area contributed by atoms with Gasteiger partial charge in [0.25, 0.3) is 0 Å². The fraction of sp³-hybridized carbons (Fsp3) is 0.455. The predicted octanol–water partition coefficient (Wildman–Crippen LogP) is 0.968. The van der Waals surface area contributed by atoms with Gasteiger partial charge in [0.1, 0.15) is 0 Å². The minimum absolute atomic E-state index is 0.0656. The number of pyridine rings is 1. The van der Waals surface area contributed by atoms with E-state index in [-0.39, 0.29) is 11.9 Å². The van der Waals surface area contributed by atoms with Crippen LogP contribution in [0.15, 0.2) is 23.6 Å². The Balaban J connectivity index is 2.41. The van der Waals surface area contributed by atoms with E-state index in [2.05, 4.69) is 28.9 Å². The number of rotatable bonds is 2. The van der Waals surface area contributed by atoms with Gasteiger partial charge in [-0.1, -0.05) is 5.16 Å². The molecule has 5 heteroatoms. The highest BCUT2D eigenvalue weighted by atomic mass is 16.4. The van der Waals surface area contributed by atoms with E-state index in [4.69, 9.17) is 10.9 Å². The molecule has 0 saturated heterocycles. The number of nitrogens with zero attached hydrogens (tertiary/aromatic N) is 3. The number of aromatic nitrogens is 1. The van der Waals surface area contributed by atoms with E-state index in [9.17, 15) is 0 Å². The summed E-state index contributed by atoms with van der Waals surface area (Å²) < 4.78 is 0. The highest BCUT2D eigenvalue weighted by Crippen LogP contribution is 2.32. The molecule has 86 valence electrons. The zero-order valence-corrected chi connectivity index (χ0v) is 9.46. The van der Waals surface area contributed by atoms with Crippen LogP contribution >= 0.6 is 0 Å². The average Bonchev–Trinajstić information content (AvgIpc) is 2.67. The Morgan fingerprint density at radius 2 is 2.44 bits per heavy atom. The standard InChI is InChI=1S/C11H16N4O/c1-7(2)15-9-3-4-13-6-8(9)5-10(15)11(12)14-16/h3-4,6-7,10,16H,5H2,1-2H3,(H2,12,14). The molecule has 2 heterocycles. The van der Waals surface area contributed by atoms with Crippen LogP contribution in [0.2, 0.25) is 0 Å². The molecule has 0 aliphatic carbocycles. The smallest absolute Gasteiger partial charge is 0.162 e. The van der Waals surface area contributed by atoms with E-state index in [1.54, 1.807) is 6.20 Å². The van der Waals surface area contributed by atoms with Crippen LogP contribution in [-0.2, 0) is 6.42 Å². The lowest BCUT2D eigenvalue weighted by Crippen LogP contribution is -2.46. The number of fused-ring (bicyclic) bond motifs is 1. The Bertz CT molecular complexity index is 416. The Morgan fingerprint density at radius 3 is 3.06 bits per heavy atom. The van der Waals surface area contributed by atoms with Crippen LogP contribution in [0.5, 0.6) is 0 Å². The largest absolute Gasteiger partial charge is 0.409 e. The average molecular weight is 220 g/mol. The number of hydrogen-bond acceptors (Lipinski definition) is 4. The third-order valence-corrected chi connectivity index (χ3v) is 2.92. The summed E-state index contributed by atoms with van der Waals surface area (Å²) in [7, 11) is 0. The molecule has 5 nitrogen and oxygen atoms in total. The van der Waals surface area contributed by atoms with E-state index in [0.717, 1.165) is 17.7 Å². The predicted molar refractivity (Wildman–Crippen MR) is 62.8 cm³/mol. The van der Waals surface area contributed by atoms with Gasteiger partial charge in [0.05, 0.1) is 6.04 Å². The van der Waals surface area contributed by atoms with Gasteiger partial charge >= 0.3 is 0 Å². The molecular weight excluding hydrogens is 204 g/mol. The molecule has 1 unspecified atom stereocenters. The van der Waals surface area contributed by atoms with Crippen molar-refractivity contribution >= 4 is 11.5 Å². The molecule has 0 bridgehead atoms. The molecule has 0 spiro atoms. The Kier molecular flexibility index (Phi) is 2.68. The van der Waals surface area contributed by atoms with Gasteiger partial charge in [-0.25, -0.2) is 0 Å².